The Balaban J connectivity index is 1.50. The first kappa shape index (κ1) is 14.6. The third-order valence-corrected chi connectivity index (χ3v) is 4.27. The van der Waals surface area contributed by atoms with Crippen molar-refractivity contribution in [1.82, 2.24) is 10.2 Å². The summed E-state index contributed by atoms with van der Waals surface area (Å²) in [4.78, 5) is 4.97. The normalized spacial score (nSPS) is 24.0. The van der Waals surface area contributed by atoms with E-state index in [2.05, 4.69) is 33.3 Å². The van der Waals surface area contributed by atoms with Gasteiger partial charge in [-0.1, -0.05) is 6.07 Å². The molecule has 1 N–H and O–H groups in total. The molecule has 1 atom stereocenters. The van der Waals surface area contributed by atoms with Crippen LogP contribution < -0.4 is 15.0 Å². The van der Waals surface area contributed by atoms with Gasteiger partial charge in [-0.2, -0.15) is 0 Å². The number of hydrogen-bond acceptors (Lipinski definition) is 5. The van der Waals surface area contributed by atoms with E-state index in [1.165, 1.54) is 5.69 Å². The average molecular weight is 291 g/mol. The number of morpholine rings is 1. The molecule has 21 heavy (non-hydrogen) atoms. The lowest BCUT2D eigenvalue weighted by Gasteiger charge is -2.38. The van der Waals surface area contributed by atoms with Gasteiger partial charge < -0.3 is 19.7 Å². The van der Waals surface area contributed by atoms with Crippen molar-refractivity contribution in [3.8, 4) is 5.75 Å². The van der Waals surface area contributed by atoms with Crippen molar-refractivity contribution in [2.45, 2.75) is 6.04 Å². The molecular weight excluding hydrogens is 266 g/mol. The van der Waals surface area contributed by atoms with Crippen LogP contribution >= 0.6 is 0 Å². The Bertz CT molecular complexity index is 441. The number of piperazine rings is 1. The van der Waals surface area contributed by atoms with E-state index in [1.54, 1.807) is 7.11 Å². The molecule has 0 aliphatic carbocycles. The summed E-state index contributed by atoms with van der Waals surface area (Å²) < 4.78 is 10.8. The molecule has 3 rings (SSSR count). The van der Waals surface area contributed by atoms with Crippen molar-refractivity contribution in [2.24, 2.45) is 0 Å². The van der Waals surface area contributed by atoms with Crippen molar-refractivity contribution in [1.29, 1.82) is 0 Å². The van der Waals surface area contributed by atoms with Gasteiger partial charge in [0.1, 0.15) is 5.75 Å². The maximum Gasteiger partial charge on any atom is 0.120 e. The van der Waals surface area contributed by atoms with E-state index in [9.17, 15) is 0 Å². The van der Waals surface area contributed by atoms with Crippen molar-refractivity contribution >= 4 is 5.69 Å². The Morgan fingerprint density at radius 3 is 2.86 bits per heavy atom. The van der Waals surface area contributed by atoms with E-state index in [-0.39, 0.29) is 0 Å². The predicted molar refractivity (Wildman–Crippen MR) is 84.3 cm³/mol. The molecule has 5 heteroatoms. The van der Waals surface area contributed by atoms with Crippen LogP contribution in [0.2, 0.25) is 0 Å². The van der Waals surface area contributed by atoms with Crippen molar-refractivity contribution in [3.63, 3.8) is 0 Å². The van der Waals surface area contributed by atoms with E-state index in [0.717, 1.165) is 58.2 Å². The molecule has 0 radical (unpaired) electrons. The summed E-state index contributed by atoms with van der Waals surface area (Å²) in [5.74, 6) is 0.929. The lowest BCUT2D eigenvalue weighted by Crippen LogP contribution is -2.53. The van der Waals surface area contributed by atoms with Gasteiger partial charge in [-0.3, -0.25) is 4.90 Å². The van der Waals surface area contributed by atoms with E-state index in [4.69, 9.17) is 9.47 Å². The number of rotatable bonds is 4. The van der Waals surface area contributed by atoms with Crippen molar-refractivity contribution < 1.29 is 9.47 Å². The molecule has 2 heterocycles. The molecule has 2 fully saturated rings. The molecule has 2 aliphatic rings. The van der Waals surface area contributed by atoms with Gasteiger partial charge in [0.05, 0.1) is 20.3 Å². The maximum absolute atomic E-state index is 5.53. The van der Waals surface area contributed by atoms with Gasteiger partial charge >= 0.3 is 0 Å². The van der Waals surface area contributed by atoms with Gasteiger partial charge in [0, 0.05) is 57.1 Å². The van der Waals surface area contributed by atoms with Crippen LogP contribution in [-0.2, 0) is 4.74 Å². The van der Waals surface area contributed by atoms with Crippen LogP contribution in [0.25, 0.3) is 0 Å². The Kier molecular flexibility index (Phi) is 4.95. The fraction of sp³-hybridized carbons (Fsp3) is 0.625. The molecule has 1 aromatic carbocycles. The molecule has 0 amide bonds. The van der Waals surface area contributed by atoms with Gasteiger partial charge in [0.25, 0.3) is 0 Å². The summed E-state index contributed by atoms with van der Waals surface area (Å²) >= 11 is 0. The maximum atomic E-state index is 5.53. The number of hydrogen-bond donors (Lipinski definition) is 1. The minimum Gasteiger partial charge on any atom is -0.497 e. The SMILES string of the molecule is COc1cccc(N2CCN(CC3COCCN3)CC2)c1. The van der Waals surface area contributed by atoms with Crippen LogP contribution in [-0.4, -0.2) is 70.5 Å². The average Bonchev–Trinajstić information content (AvgIpc) is 2.56. The Morgan fingerprint density at radius 1 is 1.29 bits per heavy atom. The fourth-order valence-corrected chi connectivity index (χ4v) is 3.04. The zero-order valence-corrected chi connectivity index (χ0v) is 12.8. The molecule has 0 bridgehead atoms. The zero-order chi connectivity index (χ0) is 14.5. The van der Waals surface area contributed by atoms with E-state index < -0.39 is 0 Å². The first-order chi connectivity index (χ1) is 10.3. The van der Waals surface area contributed by atoms with Crippen molar-refractivity contribution in [3.05, 3.63) is 24.3 Å². The minimum atomic E-state index is 0.488. The van der Waals surface area contributed by atoms with Gasteiger partial charge in [0.15, 0.2) is 0 Å². The molecular formula is C16H25N3O2. The van der Waals surface area contributed by atoms with Crippen LogP contribution in [0.1, 0.15) is 0 Å². The van der Waals surface area contributed by atoms with Crippen LogP contribution in [0, 0.1) is 0 Å². The molecule has 0 aromatic heterocycles. The zero-order valence-electron chi connectivity index (χ0n) is 12.8. The molecule has 1 unspecified atom stereocenters. The number of anilines is 1. The highest BCUT2D eigenvalue weighted by Crippen LogP contribution is 2.22. The van der Waals surface area contributed by atoms with Crippen LogP contribution in [0.3, 0.4) is 0 Å². The second-order valence-electron chi connectivity index (χ2n) is 5.72. The fourth-order valence-electron chi connectivity index (χ4n) is 3.04. The topological polar surface area (TPSA) is 37.0 Å². The second kappa shape index (κ2) is 7.11. The standard InChI is InChI=1S/C16H25N3O2/c1-20-16-4-2-3-15(11-16)19-8-6-18(7-9-19)12-14-13-21-10-5-17-14/h2-4,11,14,17H,5-10,12-13H2,1H3. The van der Waals surface area contributed by atoms with E-state index in [1.807, 2.05) is 6.07 Å². The first-order valence-electron chi connectivity index (χ1n) is 7.77. The van der Waals surface area contributed by atoms with Gasteiger partial charge in [-0.05, 0) is 12.1 Å². The van der Waals surface area contributed by atoms with Gasteiger partial charge in [-0.25, -0.2) is 0 Å². The quantitative estimate of drug-likeness (QED) is 0.888. The number of nitrogens with zero attached hydrogens (tertiary/aromatic N) is 2. The predicted octanol–water partition coefficient (Wildman–Crippen LogP) is 0.806. The van der Waals surface area contributed by atoms with Gasteiger partial charge in [-0.15, -0.1) is 0 Å². The number of methoxy groups -OCH3 is 1. The third kappa shape index (κ3) is 3.87. The summed E-state index contributed by atoms with van der Waals surface area (Å²) in [6.07, 6.45) is 0. The van der Waals surface area contributed by atoms with Crippen LogP contribution in [0.4, 0.5) is 5.69 Å². The molecule has 2 saturated heterocycles. The summed E-state index contributed by atoms with van der Waals surface area (Å²) in [5, 5.41) is 3.53. The summed E-state index contributed by atoms with van der Waals surface area (Å²) in [5.41, 5.74) is 1.26. The Morgan fingerprint density at radius 2 is 2.14 bits per heavy atom. The summed E-state index contributed by atoms with van der Waals surface area (Å²) in [6, 6.07) is 8.82. The van der Waals surface area contributed by atoms with Crippen LogP contribution in [0.15, 0.2) is 24.3 Å². The summed E-state index contributed by atoms with van der Waals surface area (Å²) in [6.45, 7) is 8.11. The molecule has 116 valence electrons. The number of benzene rings is 1. The molecule has 0 saturated carbocycles. The molecule has 1 aromatic rings. The van der Waals surface area contributed by atoms with Crippen molar-refractivity contribution in [2.75, 3.05) is 64.5 Å². The minimum absolute atomic E-state index is 0.488. The highest BCUT2D eigenvalue weighted by atomic mass is 16.5. The van der Waals surface area contributed by atoms with Gasteiger partial charge in [0.2, 0.25) is 0 Å². The number of ether oxygens (including phenoxy) is 2. The summed E-state index contributed by atoms with van der Waals surface area (Å²) in [7, 11) is 1.72. The Hall–Kier alpha value is -1.30. The highest BCUT2D eigenvalue weighted by molar-refractivity contribution is 5.51. The lowest BCUT2D eigenvalue weighted by atomic mass is 10.2. The smallest absolute Gasteiger partial charge is 0.120 e. The lowest BCUT2D eigenvalue weighted by molar-refractivity contribution is 0.0610. The molecule has 2 aliphatic heterocycles. The second-order valence-corrected chi connectivity index (χ2v) is 5.72. The third-order valence-electron chi connectivity index (χ3n) is 4.27. The monoisotopic (exact) mass is 291 g/mol. The first-order valence-corrected chi connectivity index (χ1v) is 7.77. The van der Waals surface area contributed by atoms with E-state index in [0.29, 0.717) is 6.04 Å². The van der Waals surface area contributed by atoms with Crippen LogP contribution in [0.5, 0.6) is 5.75 Å². The molecule has 0 spiro atoms. The highest BCUT2D eigenvalue weighted by Gasteiger charge is 2.21. The molecule has 5 nitrogen and oxygen atoms in total. The Labute approximate surface area is 126 Å². The largest absolute Gasteiger partial charge is 0.497 e. The van der Waals surface area contributed by atoms with E-state index >= 15 is 0 Å². The number of nitrogens with one attached hydrogen (secondary N) is 1.